The normalized spacial score (nSPS) is 10.1. The van der Waals surface area contributed by atoms with E-state index in [4.69, 9.17) is 0 Å². The Kier molecular flexibility index (Phi) is 5.49. The van der Waals surface area contributed by atoms with Crippen molar-refractivity contribution in [2.24, 2.45) is 0 Å². The van der Waals surface area contributed by atoms with Gasteiger partial charge in [-0.05, 0) is 23.6 Å². The SMILES string of the molecule is CC(C)c1ccc(F)cc1-n1cncn1.CCC. The van der Waals surface area contributed by atoms with Gasteiger partial charge in [-0.1, -0.05) is 40.2 Å². The molecule has 18 heavy (non-hydrogen) atoms. The Labute approximate surface area is 108 Å². The Hall–Kier alpha value is -1.71. The molecule has 2 aromatic rings. The van der Waals surface area contributed by atoms with E-state index in [0.29, 0.717) is 5.92 Å². The van der Waals surface area contributed by atoms with Crippen LogP contribution in [0.4, 0.5) is 4.39 Å². The van der Waals surface area contributed by atoms with E-state index in [1.807, 2.05) is 0 Å². The van der Waals surface area contributed by atoms with E-state index in [1.54, 1.807) is 17.1 Å². The van der Waals surface area contributed by atoms with E-state index in [2.05, 4.69) is 37.8 Å². The van der Waals surface area contributed by atoms with E-state index >= 15 is 0 Å². The van der Waals surface area contributed by atoms with Gasteiger partial charge < -0.3 is 0 Å². The number of rotatable bonds is 2. The highest BCUT2D eigenvalue weighted by atomic mass is 19.1. The lowest BCUT2D eigenvalue weighted by molar-refractivity contribution is 0.623. The fraction of sp³-hybridized carbons (Fsp3) is 0.429. The number of nitrogens with zero attached hydrogens (tertiary/aromatic N) is 3. The van der Waals surface area contributed by atoms with Crippen LogP contribution in [0.25, 0.3) is 5.69 Å². The summed E-state index contributed by atoms with van der Waals surface area (Å²) in [5, 5.41) is 4.01. The van der Waals surface area contributed by atoms with Crippen LogP contribution in [0.15, 0.2) is 30.9 Å². The average Bonchev–Trinajstić information content (AvgIpc) is 2.82. The second-order valence-corrected chi connectivity index (χ2v) is 4.40. The Morgan fingerprint density at radius 1 is 1.28 bits per heavy atom. The van der Waals surface area contributed by atoms with Gasteiger partial charge in [-0.3, -0.25) is 0 Å². The Balaban J connectivity index is 0.000000492. The topological polar surface area (TPSA) is 30.7 Å². The summed E-state index contributed by atoms with van der Waals surface area (Å²) in [4.78, 5) is 3.86. The van der Waals surface area contributed by atoms with Gasteiger partial charge in [-0.2, -0.15) is 5.10 Å². The summed E-state index contributed by atoms with van der Waals surface area (Å²) in [5.74, 6) is 0.0645. The number of hydrogen-bond acceptors (Lipinski definition) is 2. The Morgan fingerprint density at radius 3 is 2.44 bits per heavy atom. The van der Waals surface area contributed by atoms with Crippen LogP contribution in [0.5, 0.6) is 0 Å². The molecular formula is C14H20FN3. The van der Waals surface area contributed by atoms with Crippen molar-refractivity contribution in [1.82, 2.24) is 14.8 Å². The third-order valence-electron chi connectivity index (χ3n) is 2.28. The standard InChI is InChI=1S/C11H12FN3.C3H8/c1-8(2)10-4-3-9(12)5-11(10)15-7-13-6-14-15;1-3-2/h3-8H,1-2H3;3H2,1-2H3. The van der Waals surface area contributed by atoms with E-state index in [-0.39, 0.29) is 5.82 Å². The van der Waals surface area contributed by atoms with Gasteiger partial charge in [0.25, 0.3) is 0 Å². The van der Waals surface area contributed by atoms with Crippen LogP contribution in [-0.2, 0) is 0 Å². The monoisotopic (exact) mass is 249 g/mol. The highest BCUT2D eigenvalue weighted by molar-refractivity contribution is 5.42. The van der Waals surface area contributed by atoms with E-state index in [9.17, 15) is 4.39 Å². The predicted molar refractivity (Wildman–Crippen MR) is 71.4 cm³/mol. The summed E-state index contributed by atoms with van der Waals surface area (Å²) in [6.07, 6.45) is 4.26. The maximum absolute atomic E-state index is 13.1. The predicted octanol–water partition coefficient (Wildman–Crippen LogP) is 3.95. The lowest BCUT2D eigenvalue weighted by atomic mass is 10.0. The molecule has 0 aliphatic heterocycles. The van der Waals surface area contributed by atoms with Crippen LogP contribution < -0.4 is 0 Å². The number of hydrogen-bond donors (Lipinski definition) is 0. The van der Waals surface area contributed by atoms with Crippen LogP contribution in [0.3, 0.4) is 0 Å². The smallest absolute Gasteiger partial charge is 0.138 e. The maximum atomic E-state index is 13.1. The molecule has 2 rings (SSSR count). The minimum Gasteiger partial charge on any atom is -0.223 e. The Morgan fingerprint density at radius 2 is 1.94 bits per heavy atom. The number of benzene rings is 1. The highest BCUT2D eigenvalue weighted by Gasteiger charge is 2.09. The molecule has 0 saturated carbocycles. The van der Waals surface area contributed by atoms with Gasteiger partial charge in [-0.25, -0.2) is 14.1 Å². The average molecular weight is 249 g/mol. The highest BCUT2D eigenvalue weighted by Crippen LogP contribution is 2.22. The van der Waals surface area contributed by atoms with Crippen LogP contribution in [0.1, 0.15) is 45.6 Å². The summed E-state index contributed by atoms with van der Waals surface area (Å²) in [7, 11) is 0. The molecule has 0 N–H and O–H groups in total. The minimum absolute atomic E-state index is 0.259. The molecule has 0 spiro atoms. The summed E-state index contributed by atoms with van der Waals surface area (Å²) in [5.41, 5.74) is 1.81. The fourth-order valence-corrected chi connectivity index (χ4v) is 1.54. The lowest BCUT2D eigenvalue weighted by Crippen LogP contribution is -2.02. The van der Waals surface area contributed by atoms with Gasteiger partial charge in [0, 0.05) is 0 Å². The molecule has 1 aromatic carbocycles. The summed E-state index contributed by atoms with van der Waals surface area (Å²) < 4.78 is 14.7. The van der Waals surface area contributed by atoms with Gasteiger partial charge in [0.05, 0.1) is 5.69 Å². The third-order valence-corrected chi connectivity index (χ3v) is 2.28. The van der Waals surface area contributed by atoms with Crippen LogP contribution in [0.2, 0.25) is 0 Å². The zero-order valence-corrected chi connectivity index (χ0v) is 11.4. The first-order valence-corrected chi connectivity index (χ1v) is 6.24. The summed E-state index contributed by atoms with van der Waals surface area (Å²) in [6.45, 7) is 8.38. The second-order valence-electron chi connectivity index (χ2n) is 4.40. The first kappa shape index (κ1) is 14.4. The van der Waals surface area contributed by atoms with Crippen molar-refractivity contribution in [1.29, 1.82) is 0 Å². The lowest BCUT2D eigenvalue weighted by Gasteiger charge is -2.11. The quantitative estimate of drug-likeness (QED) is 0.807. The van der Waals surface area contributed by atoms with E-state index in [1.165, 1.54) is 24.9 Å². The van der Waals surface area contributed by atoms with Crippen LogP contribution >= 0.6 is 0 Å². The van der Waals surface area contributed by atoms with Crippen molar-refractivity contribution in [2.75, 3.05) is 0 Å². The Bertz CT molecular complexity index is 464. The molecule has 3 nitrogen and oxygen atoms in total. The van der Waals surface area contributed by atoms with Crippen LogP contribution in [0, 0.1) is 5.82 Å². The number of aromatic nitrogens is 3. The van der Waals surface area contributed by atoms with Crippen LogP contribution in [-0.4, -0.2) is 14.8 Å². The summed E-state index contributed by atoms with van der Waals surface area (Å²) in [6, 6.07) is 4.73. The second kappa shape index (κ2) is 6.89. The van der Waals surface area contributed by atoms with Gasteiger partial charge in [0.1, 0.15) is 18.5 Å². The molecule has 0 fully saturated rings. The number of halogens is 1. The van der Waals surface area contributed by atoms with Crippen molar-refractivity contribution >= 4 is 0 Å². The largest absolute Gasteiger partial charge is 0.223 e. The molecule has 0 aliphatic rings. The molecule has 0 amide bonds. The van der Waals surface area contributed by atoms with Gasteiger partial charge in [-0.15, -0.1) is 0 Å². The molecule has 1 heterocycles. The maximum Gasteiger partial charge on any atom is 0.138 e. The molecule has 98 valence electrons. The van der Waals surface area contributed by atoms with Crippen molar-refractivity contribution in [3.8, 4) is 5.69 Å². The van der Waals surface area contributed by atoms with Gasteiger partial charge >= 0.3 is 0 Å². The zero-order chi connectivity index (χ0) is 13.5. The first-order chi connectivity index (χ1) is 8.60. The van der Waals surface area contributed by atoms with Gasteiger partial charge in [0.15, 0.2) is 0 Å². The van der Waals surface area contributed by atoms with E-state index in [0.717, 1.165) is 11.3 Å². The first-order valence-electron chi connectivity index (χ1n) is 6.24. The molecule has 0 aliphatic carbocycles. The molecule has 0 bridgehead atoms. The molecule has 0 saturated heterocycles. The van der Waals surface area contributed by atoms with Crippen molar-refractivity contribution in [2.45, 2.75) is 40.0 Å². The third kappa shape index (κ3) is 3.65. The van der Waals surface area contributed by atoms with Crippen molar-refractivity contribution < 1.29 is 4.39 Å². The zero-order valence-electron chi connectivity index (χ0n) is 11.4. The minimum atomic E-state index is -0.259. The molecule has 1 aromatic heterocycles. The van der Waals surface area contributed by atoms with Gasteiger partial charge in [0.2, 0.25) is 0 Å². The van der Waals surface area contributed by atoms with Crippen molar-refractivity contribution in [3.63, 3.8) is 0 Å². The molecule has 4 heteroatoms. The summed E-state index contributed by atoms with van der Waals surface area (Å²) >= 11 is 0. The van der Waals surface area contributed by atoms with E-state index < -0.39 is 0 Å². The molecular weight excluding hydrogens is 229 g/mol. The molecule has 0 unspecified atom stereocenters. The fourth-order valence-electron chi connectivity index (χ4n) is 1.54. The molecule has 0 atom stereocenters. The van der Waals surface area contributed by atoms with Crippen molar-refractivity contribution in [3.05, 3.63) is 42.2 Å². The molecule has 0 radical (unpaired) electrons.